The van der Waals surface area contributed by atoms with Crippen molar-refractivity contribution in [3.05, 3.63) is 0 Å². The van der Waals surface area contributed by atoms with Gasteiger partial charge in [0, 0.05) is 13.2 Å². The Morgan fingerprint density at radius 1 is 1.40 bits per heavy atom. The lowest BCUT2D eigenvalue weighted by Gasteiger charge is -2.16. The van der Waals surface area contributed by atoms with Crippen LogP contribution in [0.2, 0.25) is 0 Å². The number of hydrogen-bond donors (Lipinski definition) is 3. The van der Waals surface area contributed by atoms with Gasteiger partial charge in [0.15, 0.2) is 0 Å². The van der Waals surface area contributed by atoms with Gasteiger partial charge in [-0.05, 0) is 20.8 Å². The van der Waals surface area contributed by atoms with E-state index in [4.69, 9.17) is 10.5 Å². The summed E-state index contributed by atoms with van der Waals surface area (Å²) in [6.07, 6.45) is 0.0267. The third-order valence-corrected chi connectivity index (χ3v) is 1.80. The fraction of sp³-hybridized carbons (Fsp3) is 0.778. The maximum absolute atomic E-state index is 11.2. The van der Waals surface area contributed by atoms with Gasteiger partial charge in [-0.3, -0.25) is 10.1 Å². The summed E-state index contributed by atoms with van der Waals surface area (Å²) in [7, 11) is 0. The summed E-state index contributed by atoms with van der Waals surface area (Å²) < 4.78 is 5.27. The molecule has 0 aliphatic carbocycles. The van der Waals surface area contributed by atoms with Crippen molar-refractivity contribution in [3.63, 3.8) is 0 Å². The number of urea groups is 1. The highest BCUT2D eigenvalue weighted by atomic mass is 16.5. The minimum Gasteiger partial charge on any atom is -0.377 e. The van der Waals surface area contributed by atoms with Crippen molar-refractivity contribution in [1.82, 2.24) is 10.6 Å². The Morgan fingerprint density at radius 3 is 2.47 bits per heavy atom. The highest BCUT2D eigenvalue weighted by molar-refractivity contribution is 5.96. The lowest BCUT2D eigenvalue weighted by atomic mass is 10.3. The van der Waals surface area contributed by atoms with Crippen LogP contribution in [0.3, 0.4) is 0 Å². The van der Waals surface area contributed by atoms with Gasteiger partial charge in [0.2, 0.25) is 5.91 Å². The number of hydrogen-bond acceptors (Lipinski definition) is 4. The average molecular weight is 217 g/mol. The largest absolute Gasteiger partial charge is 0.377 e. The normalized spacial score (nSPS) is 14.3. The van der Waals surface area contributed by atoms with E-state index in [0.717, 1.165) is 0 Å². The maximum Gasteiger partial charge on any atom is 0.318 e. The van der Waals surface area contributed by atoms with Gasteiger partial charge in [-0.15, -0.1) is 0 Å². The smallest absolute Gasteiger partial charge is 0.318 e. The van der Waals surface area contributed by atoms with Gasteiger partial charge < -0.3 is 15.8 Å². The van der Waals surface area contributed by atoms with Gasteiger partial charge in [-0.1, -0.05) is 0 Å². The first-order valence-corrected chi connectivity index (χ1v) is 4.92. The molecule has 15 heavy (non-hydrogen) atoms. The zero-order valence-electron chi connectivity index (χ0n) is 9.37. The van der Waals surface area contributed by atoms with Crippen molar-refractivity contribution in [2.24, 2.45) is 5.73 Å². The molecule has 0 aromatic heterocycles. The van der Waals surface area contributed by atoms with E-state index in [9.17, 15) is 9.59 Å². The molecule has 0 saturated heterocycles. The Balaban J connectivity index is 3.77. The van der Waals surface area contributed by atoms with E-state index in [-0.39, 0.29) is 6.10 Å². The van der Waals surface area contributed by atoms with Crippen LogP contribution in [-0.2, 0) is 9.53 Å². The van der Waals surface area contributed by atoms with Crippen LogP contribution in [0.25, 0.3) is 0 Å². The molecule has 0 spiro atoms. The van der Waals surface area contributed by atoms with Crippen molar-refractivity contribution in [1.29, 1.82) is 0 Å². The Morgan fingerprint density at radius 2 is 2.00 bits per heavy atom. The molecular weight excluding hydrogens is 198 g/mol. The predicted octanol–water partition coefficient (Wildman–Crippen LogP) is -0.416. The summed E-state index contributed by atoms with van der Waals surface area (Å²) >= 11 is 0. The number of carbonyl (C=O) groups is 2. The van der Waals surface area contributed by atoms with E-state index in [1.165, 1.54) is 0 Å². The zero-order chi connectivity index (χ0) is 11.8. The molecule has 0 fully saturated rings. The van der Waals surface area contributed by atoms with Crippen LogP contribution in [0, 0.1) is 0 Å². The van der Waals surface area contributed by atoms with E-state index in [1.54, 1.807) is 6.92 Å². The van der Waals surface area contributed by atoms with Crippen LogP contribution >= 0.6 is 0 Å². The SMILES string of the molecule is CCOC(C)CNC(C)C(=O)NC(N)=O. The van der Waals surface area contributed by atoms with Gasteiger partial charge in [0.25, 0.3) is 0 Å². The van der Waals surface area contributed by atoms with Crippen molar-refractivity contribution < 1.29 is 14.3 Å². The lowest BCUT2D eigenvalue weighted by molar-refractivity contribution is -0.121. The van der Waals surface area contributed by atoms with Gasteiger partial charge in [-0.25, -0.2) is 4.79 Å². The number of ether oxygens (including phenoxy) is 1. The van der Waals surface area contributed by atoms with Crippen LogP contribution in [0.5, 0.6) is 0 Å². The Hall–Kier alpha value is -1.14. The average Bonchev–Trinajstić information content (AvgIpc) is 2.13. The Labute approximate surface area is 89.5 Å². The molecule has 0 aromatic carbocycles. The van der Waals surface area contributed by atoms with Crippen LogP contribution in [0.15, 0.2) is 0 Å². The molecule has 6 nitrogen and oxygen atoms in total. The Bertz CT molecular complexity index is 221. The quantitative estimate of drug-likeness (QED) is 0.563. The second-order valence-corrected chi connectivity index (χ2v) is 3.25. The van der Waals surface area contributed by atoms with Gasteiger partial charge in [0.05, 0.1) is 12.1 Å². The van der Waals surface area contributed by atoms with Crippen LogP contribution in [-0.4, -0.2) is 37.2 Å². The Kier molecular flexibility index (Phi) is 6.64. The molecule has 88 valence electrons. The number of amides is 3. The molecule has 2 unspecified atom stereocenters. The molecule has 0 bridgehead atoms. The maximum atomic E-state index is 11.2. The number of primary amides is 1. The number of nitrogens with one attached hydrogen (secondary N) is 2. The standard InChI is InChI=1S/C9H19N3O3/c1-4-15-6(2)5-11-7(3)8(13)12-9(10)14/h6-7,11H,4-5H2,1-3H3,(H3,10,12,13,14). The fourth-order valence-electron chi connectivity index (χ4n) is 1.01. The van der Waals surface area contributed by atoms with Crippen molar-refractivity contribution in [2.45, 2.75) is 32.9 Å². The van der Waals surface area contributed by atoms with E-state index in [1.807, 2.05) is 19.2 Å². The second-order valence-electron chi connectivity index (χ2n) is 3.25. The van der Waals surface area contributed by atoms with Gasteiger partial charge in [0.1, 0.15) is 0 Å². The molecule has 0 saturated carbocycles. The van der Waals surface area contributed by atoms with E-state index in [0.29, 0.717) is 13.2 Å². The first kappa shape index (κ1) is 13.9. The van der Waals surface area contributed by atoms with E-state index < -0.39 is 18.0 Å². The minimum atomic E-state index is -0.841. The summed E-state index contributed by atoms with van der Waals surface area (Å²) in [5, 5.41) is 4.92. The van der Waals surface area contributed by atoms with Crippen LogP contribution in [0.4, 0.5) is 4.79 Å². The predicted molar refractivity (Wildman–Crippen MR) is 56.3 cm³/mol. The molecule has 0 aromatic rings. The van der Waals surface area contributed by atoms with Crippen LogP contribution in [0.1, 0.15) is 20.8 Å². The fourth-order valence-corrected chi connectivity index (χ4v) is 1.01. The molecule has 2 atom stereocenters. The highest BCUT2D eigenvalue weighted by Gasteiger charge is 2.14. The summed E-state index contributed by atoms with van der Waals surface area (Å²) in [6.45, 7) is 6.62. The van der Waals surface area contributed by atoms with Gasteiger partial charge >= 0.3 is 6.03 Å². The zero-order valence-corrected chi connectivity index (χ0v) is 9.37. The van der Waals surface area contributed by atoms with Crippen molar-refractivity contribution in [2.75, 3.05) is 13.2 Å². The molecule has 4 N–H and O–H groups in total. The third-order valence-electron chi connectivity index (χ3n) is 1.80. The number of rotatable bonds is 6. The molecule has 0 radical (unpaired) electrons. The molecule has 0 rings (SSSR count). The molecule has 0 heterocycles. The first-order chi connectivity index (χ1) is 6.97. The topological polar surface area (TPSA) is 93.4 Å². The summed E-state index contributed by atoms with van der Waals surface area (Å²) in [6, 6.07) is -1.31. The molecule has 0 aliphatic rings. The number of imide groups is 1. The lowest BCUT2D eigenvalue weighted by Crippen LogP contribution is -2.48. The molecular formula is C9H19N3O3. The third kappa shape index (κ3) is 6.87. The molecule has 6 heteroatoms. The van der Waals surface area contributed by atoms with Crippen molar-refractivity contribution in [3.8, 4) is 0 Å². The monoisotopic (exact) mass is 217 g/mol. The second kappa shape index (κ2) is 7.19. The summed E-state index contributed by atoms with van der Waals surface area (Å²) in [4.78, 5) is 21.6. The van der Waals surface area contributed by atoms with E-state index in [2.05, 4.69) is 5.32 Å². The molecule has 3 amide bonds. The summed E-state index contributed by atoms with van der Waals surface area (Å²) in [5.41, 5.74) is 4.81. The van der Waals surface area contributed by atoms with Gasteiger partial charge in [-0.2, -0.15) is 0 Å². The molecule has 0 aliphatic heterocycles. The number of nitrogens with two attached hydrogens (primary N) is 1. The van der Waals surface area contributed by atoms with E-state index >= 15 is 0 Å². The number of carbonyl (C=O) groups excluding carboxylic acids is 2. The van der Waals surface area contributed by atoms with Crippen molar-refractivity contribution >= 4 is 11.9 Å². The minimum absolute atomic E-state index is 0.0267. The van der Waals surface area contributed by atoms with Crippen LogP contribution < -0.4 is 16.4 Å². The first-order valence-electron chi connectivity index (χ1n) is 4.92. The highest BCUT2D eigenvalue weighted by Crippen LogP contribution is 1.89. The summed E-state index contributed by atoms with van der Waals surface area (Å²) in [5.74, 6) is -0.439.